The van der Waals surface area contributed by atoms with Crippen molar-refractivity contribution in [3.05, 3.63) is 0 Å². The van der Waals surface area contributed by atoms with Crippen LogP contribution in [-0.2, 0) is 24.0 Å². The molecule has 0 aromatic rings. The molecule has 15 heteroatoms. The van der Waals surface area contributed by atoms with Crippen LogP contribution in [0.25, 0.3) is 0 Å². The second-order valence-corrected chi connectivity index (χ2v) is 6.42. The van der Waals surface area contributed by atoms with Gasteiger partial charge < -0.3 is 49.1 Å². The maximum absolute atomic E-state index is 12.4. The molecule has 0 aliphatic heterocycles. The van der Waals surface area contributed by atoms with Crippen LogP contribution in [0.1, 0.15) is 25.7 Å². The number of carboxylic acid groups (broad SMARTS) is 1. The monoisotopic (exact) mass is 446 g/mol. The highest BCUT2D eigenvalue weighted by Crippen LogP contribution is 2.02. The number of hydrogen-bond donors (Lipinski definition) is 9. The zero-order valence-electron chi connectivity index (χ0n) is 16.9. The molecule has 0 aliphatic carbocycles. The topological polar surface area (TPSA) is 278 Å². The summed E-state index contributed by atoms with van der Waals surface area (Å²) in [7, 11) is 0. The van der Waals surface area contributed by atoms with E-state index in [4.69, 9.17) is 22.9 Å². The van der Waals surface area contributed by atoms with Gasteiger partial charge in [-0.25, -0.2) is 4.79 Å². The van der Waals surface area contributed by atoms with E-state index in [1.807, 2.05) is 0 Å². The summed E-state index contributed by atoms with van der Waals surface area (Å²) in [5.74, 6) is -4.77. The van der Waals surface area contributed by atoms with Crippen molar-refractivity contribution < 1.29 is 34.2 Å². The van der Waals surface area contributed by atoms with Gasteiger partial charge in [-0.05, 0) is 19.3 Å². The number of carbonyl (C=O) groups is 5. The molecule has 15 nitrogen and oxygen atoms in total. The van der Waals surface area contributed by atoms with Crippen LogP contribution in [0.5, 0.6) is 0 Å². The maximum Gasteiger partial charge on any atom is 0.326 e. The van der Waals surface area contributed by atoms with Gasteiger partial charge in [-0.15, -0.1) is 0 Å². The number of carbonyl (C=O) groups excluding carboxylic acids is 4. The lowest BCUT2D eigenvalue weighted by Gasteiger charge is -2.23. The molecule has 3 unspecified atom stereocenters. The van der Waals surface area contributed by atoms with E-state index >= 15 is 0 Å². The van der Waals surface area contributed by atoms with Crippen molar-refractivity contribution in [2.24, 2.45) is 27.9 Å². The fourth-order valence-corrected chi connectivity index (χ4v) is 2.31. The van der Waals surface area contributed by atoms with Gasteiger partial charge in [0, 0.05) is 13.0 Å². The minimum absolute atomic E-state index is 0.0161. The summed E-state index contributed by atoms with van der Waals surface area (Å²) in [6, 6.07) is -4.09. The van der Waals surface area contributed by atoms with E-state index in [1.54, 1.807) is 0 Å². The molecule has 0 saturated heterocycles. The molecule has 0 radical (unpaired) electrons. The standard InChI is InChI=1S/C16H30N8O7/c17-6-12(27)22-8(3-4-11(18)26)13(28)24-10(7-25)14(29)23-9(15(30)31)2-1-5-21-16(19)20/h8-10,25H,1-7,17H2,(H2,18,26)(H,22,27)(H,23,29)(H,24,28)(H,30,31)(H4,19,20,21). The molecule has 176 valence electrons. The van der Waals surface area contributed by atoms with E-state index < -0.39 is 60.9 Å². The Hall–Kier alpha value is -3.46. The Morgan fingerprint density at radius 1 is 0.871 bits per heavy atom. The number of guanidine groups is 1. The highest BCUT2D eigenvalue weighted by molar-refractivity contribution is 5.93. The normalized spacial score (nSPS) is 13.2. The van der Waals surface area contributed by atoms with E-state index in [2.05, 4.69) is 20.9 Å². The van der Waals surface area contributed by atoms with Crippen LogP contribution in [-0.4, -0.2) is 83.6 Å². The first kappa shape index (κ1) is 27.5. The molecule has 0 saturated carbocycles. The lowest BCUT2D eigenvalue weighted by atomic mass is 10.1. The van der Waals surface area contributed by atoms with Crippen LogP contribution >= 0.6 is 0 Å². The van der Waals surface area contributed by atoms with Gasteiger partial charge in [0.05, 0.1) is 13.2 Å². The number of aliphatic imine (C=N–C) groups is 1. The number of nitrogens with zero attached hydrogens (tertiary/aromatic N) is 1. The third-order valence-electron chi connectivity index (χ3n) is 3.89. The quantitative estimate of drug-likeness (QED) is 0.0654. The van der Waals surface area contributed by atoms with Gasteiger partial charge in [0.1, 0.15) is 18.1 Å². The van der Waals surface area contributed by atoms with Crippen LogP contribution in [0, 0.1) is 0 Å². The summed E-state index contributed by atoms with van der Waals surface area (Å²) < 4.78 is 0. The van der Waals surface area contributed by atoms with E-state index in [-0.39, 0.29) is 38.2 Å². The molecule has 0 bridgehead atoms. The van der Waals surface area contributed by atoms with E-state index in [0.29, 0.717) is 0 Å². The Labute approximate surface area is 178 Å². The summed E-state index contributed by atoms with van der Waals surface area (Å²) in [5, 5.41) is 25.4. The minimum Gasteiger partial charge on any atom is -0.480 e. The van der Waals surface area contributed by atoms with Crippen molar-refractivity contribution in [3.8, 4) is 0 Å². The molecule has 13 N–H and O–H groups in total. The van der Waals surface area contributed by atoms with Crippen molar-refractivity contribution in [1.82, 2.24) is 16.0 Å². The van der Waals surface area contributed by atoms with Gasteiger partial charge in [0.15, 0.2) is 5.96 Å². The number of aliphatic carboxylic acids is 1. The third-order valence-corrected chi connectivity index (χ3v) is 3.89. The van der Waals surface area contributed by atoms with Gasteiger partial charge in [0.25, 0.3) is 0 Å². The van der Waals surface area contributed by atoms with Gasteiger partial charge in [-0.1, -0.05) is 0 Å². The molecule has 0 aromatic heterocycles. The molecule has 4 amide bonds. The third kappa shape index (κ3) is 12.0. The number of nitrogens with one attached hydrogen (secondary N) is 3. The van der Waals surface area contributed by atoms with Gasteiger partial charge in [0.2, 0.25) is 23.6 Å². The largest absolute Gasteiger partial charge is 0.480 e. The van der Waals surface area contributed by atoms with Crippen molar-refractivity contribution in [1.29, 1.82) is 0 Å². The highest BCUT2D eigenvalue weighted by Gasteiger charge is 2.29. The maximum atomic E-state index is 12.4. The first-order valence-electron chi connectivity index (χ1n) is 9.29. The fourth-order valence-electron chi connectivity index (χ4n) is 2.31. The first-order chi connectivity index (χ1) is 14.5. The van der Waals surface area contributed by atoms with Crippen LogP contribution in [0.3, 0.4) is 0 Å². The minimum atomic E-state index is -1.52. The molecule has 0 fully saturated rings. The molecule has 0 heterocycles. The number of hydrogen-bond acceptors (Lipinski definition) is 8. The van der Waals surface area contributed by atoms with Crippen LogP contribution in [0.2, 0.25) is 0 Å². The number of aliphatic hydroxyl groups is 1. The van der Waals surface area contributed by atoms with E-state index in [9.17, 15) is 34.2 Å². The Kier molecular flexibility index (Phi) is 12.9. The molecular weight excluding hydrogens is 416 g/mol. The Morgan fingerprint density at radius 2 is 1.45 bits per heavy atom. The number of nitrogens with two attached hydrogens (primary N) is 4. The van der Waals surface area contributed by atoms with E-state index in [1.165, 1.54) is 0 Å². The highest BCUT2D eigenvalue weighted by atomic mass is 16.4. The predicted octanol–water partition coefficient (Wildman–Crippen LogP) is -5.20. The summed E-state index contributed by atoms with van der Waals surface area (Å²) in [5.41, 5.74) is 20.6. The molecule has 3 atom stereocenters. The number of carboxylic acids is 1. The summed E-state index contributed by atoms with van der Waals surface area (Å²) in [4.78, 5) is 62.3. The molecular formula is C16H30N8O7. The molecule has 0 rings (SSSR count). The predicted molar refractivity (Wildman–Crippen MR) is 108 cm³/mol. The van der Waals surface area contributed by atoms with Crippen molar-refractivity contribution >= 4 is 35.6 Å². The van der Waals surface area contributed by atoms with Gasteiger partial charge in [-0.2, -0.15) is 0 Å². The zero-order valence-corrected chi connectivity index (χ0v) is 16.9. The lowest BCUT2D eigenvalue weighted by molar-refractivity contribution is -0.142. The van der Waals surface area contributed by atoms with Gasteiger partial charge >= 0.3 is 5.97 Å². The van der Waals surface area contributed by atoms with Crippen molar-refractivity contribution in [2.45, 2.75) is 43.8 Å². The summed E-state index contributed by atoms with van der Waals surface area (Å²) >= 11 is 0. The van der Waals surface area contributed by atoms with Crippen LogP contribution in [0.4, 0.5) is 0 Å². The smallest absolute Gasteiger partial charge is 0.326 e. The second-order valence-electron chi connectivity index (χ2n) is 6.42. The van der Waals surface area contributed by atoms with Crippen molar-refractivity contribution in [2.75, 3.05) is 19.7 Å². The molecule has 0 aliphatic rings. The SMILES string of the molecule is NCC(=O)NC(CCC(N)=O)C(=O)NC(CO)C(=O)NC(CCCN=C(N)N)C(=O)O. The second kappa shape index (κ2) is 14.5. The molecule has 31 heavy (non-hydrogen) atoms. The Morgan fingerprint density at radius 3 is 1.94 bits per heavy atom. The lowest BCUT2D eigenvalue weighted by Crippen LogP contribution is -2.57. The number of rotatable bonds is 15. The fraction of sp³-hybridized carbons (Fsp3) is 0.625. The van der Waals surface area contributed by atoms with Crippen molar-refractivity contribution in [3.63, 3.8) is 0 Å². The Bertz CT molecular complexity index is 681. The average molecular weight is 446 g/mol. The Balaban J connectivity index is 5.06. The number of amides is 4. The summed E-state index contributed by atoms with van der Waals surface area (Å²) in [6.07, 6.45) is -0.186. The number of primary amides is 1. The van der Waals surface area contributed by atoms with E-state index in [0.717, 1.165) is 0 Å². The van der Waals surface area contributed by atoms with Crippen LogP contribution < -0.4 is 38.9 Å². The van der Waals surface area contributed by atoms with Crippen LogP contribution in [0.15, 0.2) is 4.99 Å². The average Bonchev–Trinajstić information content (AvgIpc) is 2.70. The molecule has 0 aromatic carbocycles. The molecule has 0 spiro atoms. The van der Waals surface area contributed by atoms with Gasteiger partial charge in [-0.3, -0.25) is 24.2 Å². The zero-order chi connectivity index (χ0) is 24.0. The summed E-state index contributed by atoms with van der Waals surface area (Å²) in [6.45, 7) is -1.14. The number of aliphatic hydroxyl groups excluding tert-OH is 1. The first-order valence-corrected chi connectivity index (χ1v) is 9.29.